The molecule has 0 aliphatic heterocycles. The van der Waals surface area contributed by atoms with Crippen molar-refractivity contribution in [3.05, 3.63) is 64.5 Å². The topological polar surface area (TPSA) is 49.0 Å². The summed E-state index contributed by atoms with van der Waals surface area (Å²) in [7, 11) is 1.65. The molecule has 24 heavy (non-hydrogen) atoms. The molecule has 0 unspecified atom stereocenters. The Bertz CT molecular complexity index is 960. The van der Waals surface area contributed by atoms with Crippen molar-refractivity contribution in [1.29, 1.82) is 5.26 Å². The minimum atomic E-state index is -0.476. The second kappa shape index (κ2) is 6.46. The number of halogens is 2. The third-order valence-corrected chi connectivity index (χ3v) is 4.26. The maximum absolute atomic E-state index is 14.3. The molecule has 0 aliphatic carbocycles. The van der Waals surface area contributed by atoms with Gasteiger partial charge >= 0.3 is 0 Å². The summed E-state index contributed by atoms with van der Waals surface area (Å²) in [5.41, 5.74) is 1.25. The van der Waals surface area contributed by atoms with Crippen LogP contribution in [0.2, 0.25) is 0 Å². The predicted octanol–water partition coefficient (Wildman–Crippen LogP) is 4.34. The van der Waals surface area contributed by atoms with E-state index in [-0.39, 0.29) is 23.7 Å². The number of amides is 1. The van der Waals surface area contributed by atoms with Gasteiger partial charge in [0.1, 0.15) is 18.1 Å². The quantitative estimate of drug-likeness (QED) is 0.672. The average molecular weight is 386 g/mol. The Balaban J connectivity index is 2.15. The van der Waals surface area contributed by atoms with E-state index in [4.69, 9.17) is 5.26 Å². The number of hydrogen-bond acceptors (Lipinski definition) is 2. The van der Waals surface area contributed by atoms with Crippen molar-refractivity contribution in [2.75, 3.05) is 11.9 Å². The number of anilines is 1. The molecule has 0 radical (unpaired) electrons. The minimum absolute atomic E-state index is 0.105. The lowest BCUT2D eigenvalue weighted by molar-refractivity contribution is 0.0985. The van der Waals surface area contributed by atoms with Crippen molar-refractivity contribution in [3.63, 3.8) is 0 Å². The maximum Gasteiger partial charge on any atom is 0.274 e. The minimum Gasteiger partial charge on any atom is -0.320 e. The predicted molar refractivity (Wildman–Crippen MR) is 94.4 cm³/mol. The van der Waals surface area contributed by atoms with Gasteiger partial charge in [0.25, 0.3) is 5.91 Å². The Morgan fingerprint density at radius 3 is 2.67 bits per heavy atom. The van der Waals surface area contributed by atoms with Crippen molar-refractivity contribution in [2.45, 2.75) is 6.54 Å². The number of carbonyl (C=O) groups is 1. The standard InChI is InChI=1S/C18H13BrFN3O/c1-22(14-5-3-2-4-6-14)18(24)16-10-12-9-13(19)11-15(20)17(12)23(16)8-7-21/h2-6,9-11H,8H2,1H3. The summed E-state index contributed by atoms with van der Waals surface area (Å²) < 4.78 is 16.3. The normalized spacial score (nSPS) is 10.6. The molecular weight excluding hydrogens is 373 g/mol. The molecule has 1 amide bonds. The molecule has 0 aliphatic rings. The van der Waals surface area contributed by atoms with E-state index in [1.54, 1.807) is 19.2 Å². The van der Waals surface area contributed by atoms with E-state index in [0.717, 1.165) is 5.69 Å². The summed E-state index contributed by atoms with van der Waals surface area (Å²) in [5.74, 6) is -0.779. The number of hydrogen-bond donors (Lipinski definition) is 0. The summed E-state index contributed by atoms with van der Waals surface area (Å²) >= 11 is 3.25. The Morgan fingerprint density at radius 2 is 2.00 bits per heavy atom. The first kappa shape index (κ1) is 16.2. The van der Waals surface area contributed by atoms with Gasteiger partial charge in [-0.2, -0.15) is 5.26 Å². The number of benzene rings is 2. The highest BCUT2D eigenvalue weighted by Gasteiger charge is 2.22. The first-order chi connectivity index (χ1) is 11.5. The van der Waals surface area contributed by atoms with Crippen LogP contribution in [0, 0.1) is 17.1 Å². The van der Waals surface area contributed by atoms with E-state index in [1.807, 2.05) is 36.4 Å². The van der Waals surface area contributed by atoms with Crippen LogP contribution in [0.5, 0.6) is 0 Å². The van der Waals surface area contributed by atoms with E-state index in [1.165, 1.54) is 15.5 Å². The molecule has 0 atom stereocenters. The average Bonchev–Trinajstić information content (AvgIpc) is 2.93. The van der Waals surface area contributed by atoms with E-state index in [0.29, 0.717) is 9.86 Å². The van der Waals surface area contributed by atoms with Crippen LogP contribution in [0.25, 0.3) is 10.9 Å². The molecule has 6 heteroatoms. The Hall–Kier alpha value is -2.65. The molecule has 0 saturated heterocycles. The van der Waals surface area contributed by atoms with Gasteiger partial charge in [-0.3, -0.25) is 4.79 Å². The van der Waals surface area contributed by atoms with E-state index in [9.17, 15) is 9.18 Å². The van der Waals surface area contributed by atoms with Gasteiger partial charge in [-0.1, -0.05) is 34.1 Å². The smallest absolute Gasteiger partial charge is 0.274 e. The zero-order valence-corrected chi connectivity index (χ0v) is 14.4. The van der Waals surface area contributed by atoms with Gasteiger partial charge in [0, 0.05) is 22.6 Å². The van der Waals surface area contributed by atoms with Crippen LogP contribution in [0.1, 0.15) is 10.5 Å². The van der Waals surface area contributed by atoms with Gasteiger partial charge < -0.3 is 9.47 Å². The number of nitrogens with zero attached hydrogens (tertiary/aromatic N) is 3. The lowest BCUT2D eigenvalue weighted by Gasteiger charge is -2.18. The van der Waals surface area contributed by atoms with Crippen molar-refractivity contribution in [1.82, 2.24) is 4.57 Å². The third-order valence-electron chi connectivity index (χ3n) is 3.81. The van der Waals surface area contributed by atoms with Gasteiger partial charge in [0.05, 0.1) is 11.6 Å². The highest BCUT2D eigenvalue weighted by atomic mass is 79.9. The van der Waals surface area contributed by atoms with Gasteiger partial charge in [0.15, 0.2) is 0 Å². The SMILES string of the molecule is CN(C(=O)c1cc2cc(Br)cc(F)c2n1CC#N)c1ccccc1. The van der Waals surface area contributed by atoms with Crippen molar-refractivity contribution >= 4 is 38.4 Å². The zero-order valence-electron chi connectivity index (χ0n) is 12.8. The van der Waals surface area contributed by atoms with Crippen molar-refractivity contribution < 1.29 is 9.18 Å². The number of carbonyl (C=O) groups excluding carboxylic acids is 1. The molecule has 1 heterocycles. The molecule has 120 valence electrons. The highest BCUT2D eigenvalue weighted by Crippen LogP contribution is 2.28. The second-order valence-electron chi connectivity index (χ2n) is 5.30. The van der Waals surface area contributed by atoms with E-state index < -0.39 is 5.82 Å². The summed E-state index contributed by atoms with van der Waals surface area (Å²) in [4.78, 5) is 14.3. The Kier molecular flexibility index (Phi) is 4.36. The molecule has 3 rings (SSSR count). The molecule has 0 bridgehead atoms. The first-order valence-electron chi connectivity index (χ1n) is 7.21. The van der Waals surface area contributed by atoms with Crippen molar-refractivity contribution in [3.8, 4) is 6.07 Å². The van der Waals surface area contributed by atoms with Crippen molar-refractivity contribution in [2.24, 2.45) is 0 Å². The molecule has 0 saturated carbocycles. The van der Waals surface area contributed by atoms with Crippen LogP contribution in [0.4, 0.5) is 10.1 Å². The van der Waals surface area contributed by atoms with Gasteiger partial charge in [-0.15, -0.1) is 0 Å². The van der Waals surface area contributed by atoms with E-state index >= 15 is 0 Å². The zero-order chi connectivity index (χ0) is 17.3. The fraction of sp³-hybridized carbons (Fsp3) is 0.111. The first-order valence-corrected chi connectivity index (χ1v) is 8.00. The number of nitriles is 1. The summed E-state index contributed by atoms with van der Waals surface area (Å²) in [6.45, 7) is -0.105. The van der Waals surface area contributed by atoms with Crippen LogP contribution in [-0.2, 0) is 6.54 Å². The molecule has 2 aromatic carbocycles. The maximum atomic E-state index is 14.3. The van der Waals surface area contributed by atoms with Crippen LogP contribution in [0.3, 0.4) is 0 Å². The van der Waals surface area contributed by atoms with Crippen LogP contribution in [0.15, 0.2) is 53.0 Å². The number of aromatic nitrogens is 1. The van der Waals surface area contributed by atoms with Gasteiger partial charge in [-0.05, 0) is 30.3 Å². The van der Waals surface area contributed by atoms with Gasteiger partial charge in [0.2, 0.25) is 0 Å². The number of para-hydroxylation sites is 1. The summed E-state index contributed by atoms with van der Waals surface area (Å²) in [6.07, 6.45) is 0. The molecule has 0 spiro atoms. The molecule has 4 nitrogen and oxygen atoms in total. The molecular formula is C18H13BrFN3O. The summed E-state index contributed by atoms with van der Waals surface area (Å²) in [5, 5.41) is 9.65. The fourth-order valence-electron chi connectivity index (χ4n) is 2.68. The van der Waals surface area contributed by atoms with Crippen LogP contribution < -0.4 is 4.90 Å². The molecule has 3 aromatic rings. The molecule has 0 N–H and O–H groups in total. The van der Waals surface area contributed by atoms with Crippen LogP contribution >= 0.6 is 15.9 Å². The van der Waals surface area contributed by atoms with E-state index in [2.05, 4.69) is 15.9 Å². The fourth-order valence-corrected chi connectivity index (χ4v) is 3.13. The third kappa shape index (κ3) is 2.79. The lowest BCUT2D eigenvalue weighted by Crippen LogP contribution is -2.28. The second-order valence-corrected chi connectivity index (χ2v) is 6.21. The van der Waals surface area contributed by atoms with Crippen LogP contribution in [-0.4, -0.2) is 17.5 Å². The largest absolute Gasteiger partial charge is 0.320 e. The Labute approximate surface area is 146 Å². The number of fused-ring (bicyclic) bond motifs is 1. The highest BCUT2D eigenvalue weighted by molar-refractivity contribution is 9.10. The summed E-state index contributed by atoms with van der Waals surface area (Å²) in [6, 6.07) is 15.8. The molecule has 0 fully saturated rings. The monoisotopic (exact) mass is 385 g/mol. The van der Waals surface area contributed by atoms with Gasteiger partial charge in [-0.25, -0.2) is 4.39 Å². The number of rotatable bonds is 3. The molecule has 1 aromatic heterocycles. The Morgan fingerprint density at radius 1 is 1.29 bits per heavy atom. The lowest BCUT2D eigenvalue weighted by atomic mass is 10.2.